The molecule has 21 heavy (non-hydrogen) atoms. The summed E-state index contributed by atoms with van der Waals surface area (Å²) in [7, 11) is 2.10. The molecule has 2 aromatic carbocycles. The van der Waals surface area contributed by atoms with E-state index in [1.54, 1.807) is 0 Å². The third-order valence-electron chi connectivity index (χ3n) is 4.63. The molecule has 0 amide bonds. The number of aryl methyl sites for hydroxylation is 1. The van der Waals surface area contributed by atoms with Gasteiger partial charge in [-0.05, 0) is 61.4 Å². The Balaban J connectivity index is 1.90. The minimum Gasteiger partial charge on any atom is -0.313 e. The Morgan fingerprint density at radius 2 is 1.86 bits per heavy atom. The Labute approximate surface area is 135 Å². The summed E-state index contributed by atoms with van der Waals surface area (Å²) < 4.78 is 1.23. The van der Waals surface area contributed by atoms with Gasteiger partial charge in [-0.1, -0.05) is 58.4 Å². The van der Waals surface area contributed by atoms with E-state index in [2.05, 4.69) is 76.8 Å². The van der Waals surface area contributed by atoms with Crippen LogP contribution in [0, 0.1) is 5.92 Å². The Morgan fingerprint density at radius 3 is 2.67 bits per heavy atom. The van der Waals surface area contributed by atoms with E-state index in [9.17, 15) is 0 Å². The van der Waals surface area contributed by atoms with E-state index in [1.807, 2.05) is 0 Å². The highest BCUT2D eigenvalue weighted by atomic mass is 79.9. The van der Waals surface area contributed by atoms with Gasteiger partial charge < -0.3 is 5.32 Å². The molecule has 0 heterocycles. The number of fused-ring (bicyclic) bond motifs is 1. The average molecular weight is 344 g/mol. The second-order valence-electron chi connectivity index (χ2n) is 5.91. The van der Waals surface area contributed by atoms with Gasteiger partial charge in [0.25, 0.3) is 0 Å². The molecule has 110 valence electrons. The molecule has 1 N–H and O–H groups in total. The molecular weight excluding hydrogens is 322 g/mol. The fraction of sp³-hybridized carbons (Fsp3) is 0.368. The fourth-order valence-corrected chi connectivity index (χ4v) is 4.04. The first-order chi connectivity index (χ1) is 10.3. The predicted molar refractivity (Wildman–Crippen MR) is 92.5 cm³/mol. The van der Waals surface area contributed by atoms with Gasteiger partial charge in [0, 0.05) is 10.5 Å². The molecule has 1 nitrogen and oxygen atoms in total. The van der Waals surface area contributed by atoms with Crippen molar-refractivity contribution in [2.45, 2.75) is 31.7 Å². The standard InChI is InChI=1S/C19H22BrN/c1-21-19-16(13-15-8-3-5-12-18(15)20)10-6-9-14-7-2-4-11-17(14)19/h2-5,7-8,11-12,16,19,21H,6,9-10,13H2,1H3. The second kappa shape index (κ2) is 6.76. The van der Waals surface area contributed by atoms with Crippen molar-refractivity contribution in [3.8, 4) is 0 Å². The molecular formula is C19H22BrN. The van der Waals surface area contributed by atoms with Crippen LogP contribution in [0.15, 0.2) is 53.0 Å². The lowest BCUT2D eigenvalue weighted by atomic mass is 9.86. The third-order valence-corrected chi connectivity index (χ3v) is 5.41. The summed E-state index contributed by atoms with van der Waals surface area (Å²) in [5.41, 5.74) is 4.43. The Bertz CT molecular complexity index is 608. The molecule has 1 aliphatic rings. The summed E-state index contributed by atoms with van der Waals surface area (Å²) in [6.07, 6.45) is 4.90. The SMILES string of the molecule is CNC1c2ccccc2CCCC1Cc1ccccc1Br. The maximum atomic E-state index is 3.70. The van der Waals surface area contributed by atoms with Crippen LogP contribution in [0.1, 0.15) is 35.6 Å². The van der Waals surface area contributed by atoms with Crippen LogP contribution in [0.3, 0.4) is 0 Å². The van der Waals surface area contributed by atoms with Crippen LogP contribution in [0.25, 0.3) is 0 Å². The maximum Gasteiger partial charge on any atom is 0.0352 e. The summed E-state index contributed by atoms with van der Waals surface area (Å²) in [4.78, 5) is 0. The van der Waals surface area contributed by atoms with Gasteiger partial charge in [0.1, 0.15) is 0 Å². The van der Waals surface area contributed by atoms with E-state index in [4.69, 9.17) is 0 Å². The van der Waals surface area contributed by atoms with Gasteiger partial charge in [-0.2, -0.15) is 0 Å². The van der Waals surface area contributed by atoms with E-state index in [0.29, 0.717) is 12.0 Å². The second-order valence-corrected chi connectivity index (χ2v) is 6.77. The predicted octanol–water partition coefficient (Wildman–Crippen LogP) is 4.90. The zero-order valence-corrected chi connectivity index (χ0v) is 14.1. The lowest BCUT2D eigenvalue weighted by Crippen LogP contribution is -2.26. The summed E-state index contributed by atoms with van der Waals surface area (Å²) in [6.45, 7) is 0. The number of hydrogen-bond donors (Lipinski definition) is 1. The molecule has 0 bridgehead atoms. The van der Waals surface area contributed by atoms with E-state index in [1.165, 1.54) is 40.4 Å². The average Bonchev–Trinajstić information content (AvgIpc) is 2.68. The van der Waals surface area contributed by atoms with Crippen molar-refractivity contribution >= 4 is 15.9 Å². The highest BCUT2D eigenvalue weighted by molar-refractivity contribution is 9.10. The number of hydrogen-bond acceptors (Lipinski definition) is 1. The normalized spacial score (nSPS) is 21.6. The highest BCUT2D eigenvalue weighted by Crippen LogP contribution is 2.36. The highest BCUT2D eigenvalue weighted by Gasteiger charge is 2.26. The van der Waals surface area contributed by atoms with Crippen LogP contribution >= 0.6 is 15.9 Å². The van der Waals surface area contributed by atoms with E-state index in [-0.39, 0.29) is 0 Å². The van der Waals surface area contributed by atoms with Crippen LogP contribution in [-0.4, -0.2) is 7.05 Å². The van der Waals surface area contributed by atoms with Crippen LogP contribution in [0.4, 0.5) is 0 Å². The van der Waals surface area contributed by atoms with Crippen molar-refractivity contribution in [2.75, 3.05) is 7.05 Å². The maximum absolute atomic E-state index is 3.70. The lowest BCUT2D eigenvalue weighted by molar-refractivity contribution is 0.358. The zero-order chi connectivity index (χ0) is 14.7. The number of rotatable bonds is 3. The van der Waals surface area contributed by atoms with E-state index in [0.717, 1.165) is 6.42 Å². The summed E-state index contributed by atoms with van der Waals surface area (Å²) in [6, 6.07) is 18.0. The van der Waals surface area contributed by atoms with Gasteiger partial charge in [-0.15, -0.1) is 0 Å². The van der Waals surface area contributed by atoms with Gasteiger partial charge in [0.2, 0.25) is 0 Å². The molecule has 0 fully saturated rings. The topological polar surface area (TPSA) is 12.0 Å². The molecule has 2 heteroatoms. The van der Waals surface area contributed by atoms with Crippen molar-refractivity contribution in [3.63, 3.8) is 0 Å². The largest absolute Gasteiger partial charge is 0.313 e. The Morgan fingerprint density at radius 1 is 1.10 bits per heavy atom. The van der Waals surface area contributed by atoms with Crippen LogP contribution in [-0.2, 0) is 12.8 Å². The lowest BCUT2D eigenvalue weighted by Gasteiger charge is -2.27. The zero-order valence-electron chi connectivity index (χ0n) is 12.5. The Hall–Kier alpha value is -1.12. The minimum absolute atomic E-state index is 0.454. The minimum atomic E-state index is 0.454. The van der Waals surface area contributed by atoms with Crippen LogP contribution < -0.4 is 5.32 Å². The van der Waals surface area contributed by atoms with Crippen molar-refractivity contribution in [1.29, 1.82) is 0 Å². The molecule has 0 aliphatic heterocycles. The van der Waals surface area contributed by atoms with Gasteiger partial charge in [0.15, 0.2) is 0 Å². The quantitative estimate of drug-likeness (QED) is 0.781. The van der Waals surface area contributed by atoms with Gasteiger partial charge in [-0.25, -0.2) is 0 Å². The number of benzene rings is 2. The first-order valence-electron chi connectivity index (χ1n) is 7.78. The van der Waals surface area contributed by atoms with Crippen molar-refractivity contribution in [2.24, 2.45) is 5.92 Å². The number of nitrogens with one attached hydrogen (secondary N) is 1. The monoisotopic (exact) mass is 343 g/mol. The molecule has 2 atom stereocenters. The van der Waals surface area contributed by atoms with Crippen molar-refractivity contribution in [3.05, 3.63) is 69.7 Å². The summed E-state index contributed by atoms with van der Waals surface area (Å²) in [5.74, 6) is 0.650. The molecule has 2 aromatic rings. The molecule has 1 aliphatic carbocycles. The smallest absolute Gasteiger partial charge is 0.0352 e. The molecule has 2 unspecified atom stereocenters. The summed E-state index contributed by atoms with van der Waals surface area (Å²) >= 11 is 3.70. The molecule has 3 rings (SSSR count). The molecule has 0 aromatic heterocycles. The first kappa shape index (κ1) is 14.8. The van der Waals surface area contributed by atoms with E-state index >= 15 is 0 Å². The summed E-state index contributed by atoms with van der Waals surface area (Å²) in [5, 5.41) is 3.57. The Kier molecular flexibility index (Phi) is 4.77. The molecule has 0 spiro atoms. The van der Waals surface area contributed by atoms with Crippen LogP contribution in [0.2, 0.25) is 0 Å². The van der Waals surface area contributed by atoms with Gasteiger partial charge >= 0.3 is 0 Å². The van der Waals surface area contributed by atoms with Gasteiger partial charge in [-0.3, -0.25) is 0 Å². The molecule has 0 saturated heterocycles. The van der Waals surface area contributed by atoms with Gasteiger partial charge in [0.05, 0.1) is 0 Å². The van der Waals surface area contributed by atoms with Crippen molar-refractivity contribution in [1.82, 2.24) is 5.32 Å². The van der Waals surface area contributed by atoms with Crippen LogP contribution in [0.5, 0.6) is 0 Å². The molecule has 0 radical (unpaired) electrons. The third kappa shape index (κ3) is 3.22. The van der Waals surface area contributed by atoms with E-state index < -0.39 is 0 Å². The molecule has 0 saturated carbocycles. The van der Waals surface area contributed by atoms with Crippen molar-refractivity contribution < 1.29 is 0 Å². The first-order valence-corrected chi connectivity index (χ1v) is 8.57. The number of halogens is 1. The fourth-order valence-electron chi connectivity index (χ4n) is 3.60.